The summed E-state index contributed by atoms with van der Waals surface area (Å²) in [5, 5.41) is 24.6. The monoisotopic (exact) mass is 385 g/mol. The van der Waals surface area contributed by atoms with Gasteiger partial charge < -0.3 is 10.4 Å². The fraction of sp³-hybridized carbons (Fsp3) is 0.333. The zero-order valence-corrected chi connectivity index (χ0v) is 14.6. The van der Waals surface area contributed by atoms with Crippen molar-refractivity contribution in [2.24, 2.45) is 0 Å². The molecule has 1 atom stereocenters. The number of hydroxylamine groups is 1. The van der Waals surface area contributed by atoms with Crippen LogP contribution in [-0.2, 0) is 9.32 Å². The molecule has 134 valence electrons. The lowest BCUT2D eigenvalue weighted by molar-refractivity contribution is -0.383. The number of rotatable bonds is 8. The van der Waals surface area contributed by atoms with Gasteiger partial charge in [0.1, 0.15) is 0 Å². The van der Waals surface area contributed by atoms with E-state index in [0.717, 1.165) is 28.7 Å². The molecule has 10 heteroatoms. The van der Waals surface area contributed by atoms with Gasteiger partial charge in [0, 0.05) is 41.5 Å². The van der Waals surface area contributed by atoms with Gasteiger partial charge in [0.2, 0.25) is 0 Å². The van der Waals surface area contributed by atoms with Crippen LogP contribution >= 0.6 is 23.6 Å². The number of anilines is 1. The topological polar surface area (TPSA) is 106 Å². The summed E-state index contributed by atoms with van der Waals surface area (Å²) in [6.07, 6.45) is 0. The molecule has 2 aromatic rings. The Morgan fingerprint density at radius 3 is 3.00 bits per heavy atom. The lowest BCUT2D eigenvalue weighted by Crippen LogP contribution is -2.17. The normalized spacial score (nSPS) is 16.0. The van der Waals surface area contributed by atoms with Crippen molar-refractivity contribution in [2.45, 2.75) is 10.8 Å². The van der Waals surface area contributed by atoms with Gasteiger partial charge in [-0.15, -0.1) is 20.9 Å². The van der Waals surface area contributed by atoms with E-state index in [0.29, 0.717) is 22.7 Å². The number of non-ortho nitro benzene ring substituents is 1. The van der Waals surface area contributed by atoms with Gasteiger partial charge in [0.25, 0.3) is 5.69 Å². The quantitative estimate of drug-likeness (QED) is 0.159. The van der Waals surface area contributed by atoms with E-state index in [2.05, 4.69) is 15.8 Å². The lowest BCUT2D eigenvalue weighted by atomic mass is 9.95. The summed E-state index contributed by atoms with van der Waals surface area (Å²) in [4.78, 5) is 16.4. The van der Waals surface area contributed by atoms with Crippen LogP contribution in [0.25, 0.3) is 10.8 Å². The highest BCUT2D eigenvalue weighted by molar-refractivity contribution is 7.94. The molecule has 0 saturated carbocycles. The van der Waals surface area contributed by atoms with Gasteiger partial charge >= 0.3 is 0 Å². The molecule has 0 aromatic heterocycles. The average Bonchev–Trinajstić information content (AvgIpc) is 3.03. The summed E-state index contributed by atoms with van der Waals surface area (Å²) in [5.74, 6) is 0.553. The van der Waals surface area contributed by atoms with E-state index < -0.39 is 4.92 Å². The molecule has 1 unspecified atom stereocenters. The first-order valence-corrected chi connectivity index (χ1v) is 8.82. The summed E-state index contributed by atoms with van der Waals surface area (Å²) < 4.78 is 4.90. The van der Waals surface area contributed by atoms with E-state index in [1.54, 1.807) is 18.2 Å². The average molecular weight is 386 g/mol. The predicted octanol–water partition coefficient (Wildman–Crippen LogP) is 2.95. The minimum atomic E-state index is -0.396. The van der Waals surface area contributed by atoms with Crippen LogP contribution in [0, 0.1) is 10.1 Å². The van der Waals surface area contributed by atoms with Crippen LogP contribution < -0.4 is 10.8 Å². The lowest BCUT2D eigenvalue weighted by Gasteiger charge is -2.11. The number of hydrogen-bond donors (Lipinski definition) is 3. The van der Waals surface area contributed by atoms with E-state index in [4.69, 9.17) is 21.0 Å². The van der Waals surface area contributed by atoms with E-state index in [-0.39, 0.29) is 24.8 Å². The fourth-order valence-electron chi connectivity index (χ4n) is 2.83. The van der Waals surface area contributed by atoms with Crippen molar-refractivity contribution in [3.8, 4) is 0 Å². The van der Waals surface area contributed by atoms with Gasteiger partial charge in [-0.25, -0.2) is 0 Å². The Morgan fingerprint density at radius 2 is 2.28 bits per heavy atom. The number of aliphatic hydroxyl groups is 1. The summed E-state index contributed by atoms with van der Waals surface area (Å²) in [6, 6.07) is 6.88. The Bertz CT molecular complexity index is 791. The van der Waals surface area contributed by atoms with Crippen molar-refractivity contribution >= 4 is 45.8 Å². The zero-order valence-electron chi connectivity index (χ0n) is 13.0. The molecule has 25 heavy (non-hydrogen) atoms. The predicted molar refractivity (Wildman–Crippen MR) is 95.7 cm³/mol. The molecule has 0 radical (unpaired) electrons. The van der Waals surface area contributed by atoms with Crippen LogP contribution in [0.4, 0.5) is 11.4 Å². The maximum absolute atomic E-state index is 11.5. The summed E-state index contributed by atoms with van der Waals surface area (Å²) in [5.41, 5.74) is 4.19. The number of nitro groups is 1. The number of halogens is 1. The molecule has 0 spiro atoms. The third-order valence-corrected chi connectivity index (χ3v) is 4.85. The molecule has 0 aliphatic carbocycles. The largest absolute Gasteiger partial charge is 0.395 e. The highest BCUT2D eigenvalue weighted by Gasteiger charge is 2.28. The van der Waals surface area contributed by atoms with E-state index in [1.807, 2.05) is 6.07 Å². The summed E-state index contributed by atoms with van der Waals surface area (Å²) >= 11 is 6.96. The number of nitrogens with one attached hydrogen (secondary N) is 2. The summed E-state index contributed by atoms with van der Waals surface area (Å²) in [7, 11) is 0. The number of hydrogen-bond acceptors (Lipinski definition) is 8. The Kier molecular flexibility index (Phi) is 5.94. The minimum Gasteiger partial charge on any atom is -0.395 e. The Balaban J connectivity index is 1.93. The number of aliphatic hydroxyl groups excluding tert-OH is 1. The standard InChI is InChI=1S/C15H16ClN3O5S/c16-7-9-8-17-13-6-14(19(21)22)12-5-10(1-2-11(12)15(9)13)25-24-23-18-3-4-20/h1-2,5-6,9,17-18,20H,3-4,7-8H2. The SMILES string of the molecule is O=[N+]([O-])c1cc2c(c3ccc(SOONCCO)cc13)C(CCl)CN2. The molecule has 0 saturated heterocycles. The smallest absolute Gasteiger partial charge is 0.279 e. The van der Waals surface area contributed by atoms with Crippen LogP contribution in [0.1, 0.15) is 11.5 Å². The minimum absolute atomic E-state index is 0.0262. The van der Waals surface area contributed by atoms with Gasteiger partial charge in [0.05, 0.1) is 29.0 Å². The summed E-state index contributed by atoms with van der Waals surface area (Å²) in [6.45, 7) is 0.804. The first kappa shape index (κ1) is 18.2. The van der Waals surface area contributed by atoms with Crippen LogP contribution in [0.15, 0.2) is 29.2 Å². The number of nitrogens with zero attached hydrogens (tertiary/aromatic N) is 1. The van der Waals surface area contributed by atoms with Crippen molar-refractivity contribution in [3.05, 3.63) is 39.9 Å². The second-order valence-electron chi connectivity index (χ2n) is 5.41. The molecule has 0 amide bonds. The fourth-order valence-corrected chi connectivity index (χ4v) is 3.54. The number of alkyl halides is 1. The second kappa shape index (κ2) is 8.17. The van der Waals surface area contributed by atoms with Crippen LogP contribution in [-0.4, -0.2) is 35.6 Å². The molecular formula is C15H16ClN3O5S. The van der Waals surface area contributed by atoms with Crippen molar-refractivity contribution in [1.29, 1.82) is 0 Å². The second-order valence-corrected chi connectivity index (χ2v) is 6.49. The van der Waals surface area contributed by atoms with Crippen LogP contribution in [0.5, 0.6) is 0 Å². The highest BCUT2D eigenvalue weighted by atomic mass is 35.5. The molecular weight excluding hydrogens is 370 g/mol. The molecule has 1 aliphatic heterocycles. The van der Waals surface area contributed by atoms with Crippen molar-refractivity contribution in [2.75, 3.05) is 30.9 Å². The Labute approximate surface area is 152 Å². The van der Waals surface area contributed by atoms with Gasteiger partial charge in [0.15, 0.2) is 0 Å². The van der Waals surface area contributed by atoms with Crippen molar-refractivity contribution < 1.29 is 19.4 Å². The van der Waals surface area contributed by atoms with Gasteiger partial charge in [-0.1, -0.05) is 6.07 Å². The zero-order chi connectivity index (χ0) is 17.8. The highest BCUT2D eigenvalue weighted by Crippen LogP contribution is 2.43. The Hall–Kier alpha value is -1.62. The number of fused-ring (bicyclic) bond motifs is 3. The third kappa shape index (κ3) is 3.81. The van der Waals surface area contributed by atoms with Crippen LogP contribution in [0.2, 0.25) is 0 Å². The van der Waals surface area contributed by atoms with Crippen molar-refractivity contribution in [1.82, 2.24) is 5.48 Å². The molecule has 0 fully saturated rings. The first-order valence-electron chi connectivity index (χ1n) is 7.54. The van der Waals surface area contributed by atoms with E-state index in [9.17, 15) is 10.1 Å². The van der Waals surface area contributed by atoms with E-state index >= 15 is 0 Å². The molecule has 8 nitrogen and oxygen atoms in total. The number of benzene rings is 2. The molecule has 3 rings (SSSR count). The molecule has 1 heterocycles. The first-order chi connectivity index (χ1) is 12.2. The van der Waals surface area contributed by atoms with Gasteiger partial charge in [-0.3, -0.25) is 10.1 Å². The number of nitro benzene ring substituents is 1. The van der Waals surface area contributed by atoms with Crippen LogP contribution in [0.3, 0.4) is 0 Å². The molecule has 0 bridgehead atoms. The third-order valence-electron chi connectivity index (χ3n) is 3.90. The molecule has 2 aromatic carbocycles. The van der Waals surface area contributed by atoms with Gasteiger partial charge in [-0.2, -0.15) is 5.48 Å². The van der Waals surface area contributed by atoms with Gasteiger partial charge in [-0.05, 0) is 23.1 Å². The molecule has 1 aliphatic rings. The van der Waals surface area contributed by atoms with Crippen molar-refractivity contribution in [3.63, 3.8) is 0 Å². The Morgan fingerprint density at radius 1 is 1.44 bits per heavy atom. The maximum atomic E-state index is 11.5. The molecule has 3 N–H and O–H groups in total. The van der Waals surface area contributed by atoms with E-state index in [1.165, 1.54) is 0 Å². The maximum Gasteiger partial charge on any atom is 0.279 e.